The SMILES string of the molecule is C[C@H]1CN([C@@H](C)CO)C(=O)c2cccc(NC(=O)C3CC3)c2O[C@H]1CN(C)Cc1ccc(-c2ccccc2)cc1. The van der Waals surface area contributed by atoms with Crippen molar-refractivity contribution < 1.29 is 19.4 Å². The molecule has 210 valence electrons. The fraction of sp³-hybridized carbons (Fsp3) is 0.394. The van der Waals surface area contributed by atoms with Gasteiger partial charge in [0, 0.05) is 31.5 Å². The molecule has 0 aromatic heterocycles. The number of amides is 2. The topological polar surface area (TPSA) is 82.1 Å². The van der Waals surface area contributed by atoms with Crippen LogP contribution >= 0.6 is 0 Å². The number of aliphatic hydroxyl groups is 1. The first-order valence-corrected chi connectivity index (χ1v) is 14.2. The zero-order valence-electron chi connectivity index (χ0n) is 23.5. The molecule has 5 rings (SSSR count). The molecule has 1 heterocycles. The van der Waals surface area contributed by atoms with Crippen LogP contribution < -0.4 is 10.1 Å². The molecule has 0 bridgehead atoms. The van der Waals surface area contributed by atoms with Gasteiger partial charge in [-0.3, -0.25) is 14.5 Å². The average molecular weight is 542 g/mol. The van der Waals surface area contributed by atoms with Crippen LogP contribution in [0.1, 0.15) is 42.6 Å². The predicted octanol–water partition coefficient (Wildman–Crippen LogP) is 5.05. The summed E-state index contributed by atoms with van der Waals surface area (Å²) >= 11 is 0. The maximum atomic E-state index is 13.6. The van der Waals surface area contributed by atoms with Crippen molar-refractivity contribution in [3.05, 3.63) is 83.9 Å². The zero-order valence-corrected chi connectivity index (χ0v) is 23.5. The van der Waals surface area contributed by atoms with Gasteiger partial charge in [-0.05, 0) is 55.6 Å². The predicted molar refractivity (Wildman–Crippen MR) is 157 cm³/mol. The monoisotopic (exact) mass is 541 g/mol. The number of rotatable bonds is 9. The van der Waals surface area contributed by atoms with Gasteiger partial charge in [0.25, 0.3) is 5.91 Å². The maximum Gasteiger partial charge on any atom is 0.258 e. The molecule has 1 fully saturated rings. The van der Waals surface area contributed by atoms with Crippen LogP contribution in [-0.2, 0) is 11.3 Å². The smallest absolute Gasteiger partial charge is 0.258 e. The van der Waals surface area contributed by atoms with E-state index in [0.717, 1.165) is 19.4 Å². The summed E-state index contributed by atoms with van der Waals surface area (Å²) in [6.45, 7) is 5.63. The van der Waals surface area contributed by atoms with Crippen molar-refractivity contribution in [2.75, 3.05) is 32.1 Å². The van der Waals surface area contributed by atoms with Crippen molar-refractivity contribution in [2.45, 2.75) is 45.4 Å². The highest BCUT2D eigenvalue weighted by molar-refractivity contribution is 6.02. The normalized spacial score (nSPS) is 19.8. The minimum Gasteiger partial charge on any atom is -0.486 e. The minimum absolute atomic E-state index is 0.0128. The summed E-state index contributed by atoms with van der Waals surface area (Å²) in [4.78, 5) is 30.2. The number of para-hydroxylation sites is 1. The molecule has 2 N–H and O–H groups in total. The van der Waals surface area contributed by atoms with Gasteiger partial charge in [0.15, 0.2) is 5.75 Å². The van der Waals surface area contributed by atoms with Gasteiger partial charge in [-0.2, -0.15) is 0 Å². The van der Waals surface area contributed by atoms with Gasteiger partial charge >= 0.3 is 0 Å². The average Bonchev–Trinajstić information content (AvgIpc) is 3.82. The Morgan fingerprint density at radius 2 is 1.75 bits per heavy atom. The Balaban J connectivity index is 1.37. The second-order valence-electron chi connectivity index (χ2n) is 11.3. The van der Waals surface area contributed by atoms with Crippen LogP contribution in [0.4, 0.5) is 5.69 Å². The fourth-order valence-corrected chi connectivity index (χ4v) is 5.26. The van der Waals surface area contributed by atoms with Crippen LogP contribution in [0.3, 0.4) is 0 Å². The lowest BCUT2D eigenvalue weighted by molar-refractivity contribution is -0.117. The number of hydrogen-bond acceptors (Lipinski definition) is 5. The Hall–Kier alpha value is -3.68. The summed E-state index contributed by atoms with van der Waals surface area (Å²) < 4.78 is 6.63. The summed E-state index contributed by atoms with van der Waals surface area (Å²) in [5, 5.41) is 12.9. The van der Waals surface area contributed by atoms with Gasteiger partial charge in [-0.25, -0.2) is 0 Å². The van der Waals surface area contributed by atoms with Crippen molar-refractivity contribution in [2.24, 2.45) is 11.8 Å². The molecule has 2 amide bonds. The number of hydrogen-bond donors (Lipinski definition) is 2. The number of nitrogens with one attached hydrogen (secondary N) is 1. The van der Waals surface area contributed by atoms with Gasteiger partial charge in [0.05, 0.1) is 23.9 Å². The Kier molecular flexibility index (Phi) is 8.52. The van der Waals surface area contributed by atoms with E-state index in [1.165, 1.54) is 16.7 Å². The van der Waals surface area contributed by atoms with Crippen molar-refractivity contribution in [3.8, 4) is 16.9 Å². The number of aliphatic hydroxyl groups excluding tert-OH is 1. The molecule has 1 aliphatic carbocycles. The third-order valence-corrected chi connectivity index (χ3v) is 7.90. The quantitative estimate of drug-likeness (QED) is 0.396. The summed E-state index contributed by atoms with van der Waals surface area (Å²) in [6, 6.07) is 23.9. The molecule has 0 unspecified atom stereocenters. The van der Waals surface area contributed by atoms with E-state index in [0.29, 0.717) is 30.1 Å². The summed E-state index contributed by atoms with van der Waals surface area (Å²) in [7, 11) is 2.07. The maximum absolute atomic E-state index is 13.6. The number of benzene rings is 3. The molecular weight excluding hydrogens is 502 g/mol. The lowest BCUT2D eigenvalue weighted by Crippen LogP contribution is -2.49. The molecule has 0 saturated heterocycles. The van der Waals surface area contributed by atoms with Crippen LogP contribution in [0, 0.1) is 11.8 Å². The third kappa shape index (κ3) is 6.37. The molecule has 7 heteroatoms. The van der Waals surface area contributed by atoms with E-state index < -0.39 is 0 Å². The fourth-order valence-electron chi connectivity index (χ4n) is 5.26. The van der Waals surface area contributed by atoms with Gasteiger partial charge < -0.3 is 20.1 Å². The van der Waals surface area contributed by atoms with Gasteiger partial charge in [0.2, 0.25) is 5.91 Å². The van der Waals surface area contributed by atoms with E-state index >= 15 is 0 Å². The first-order chi connectivity index (χ1) is 19.3. The van der Waals surface area contributed by atoms with E-state index in [2.05, 4.69) is 60.6 Å². The van der Waals surface area contributed by atoms with E-state index in [1.54, 1.807) is 23.1 Å². The van der Waals surface area contributed by atoms with Crippen LogP contribution in [0.2, 0.25) is 0 Å². The standard InChI is InChI=1S/C33H39N3O4/c1-22-18-36(23(2)21-37)33(39)28-10-7-11-29(34-32(38)27-16-17-27)31(28)40-30(22)20-35(3)19-24-12-14-26(15-13-24)25-8-5-4-6-9-25/h4-15,22-23,27,30,37H,16-21H2,1-3H3,(H,34,38)/t22-,23-,30-/m0/s1. The second kappa shape index (κ2) is 12.2. The number of fused-ring (bicyclic) bond motifs is 1. The first kappa shape index (κ1) is 27.9. The van der Waals surface area contributed by atoms with E-state index in [1.807, 2.05) is 25.1 Å². The Morgan fingerprint density at radius 1 is 1.05 bits per heavy atom. The number of anilines is 1. The van der Waals surface area contributed by atoms with Crippen LogP contribution in [0.15, 0.2) is 72.8 Å². The summed E-state index contributed by atoms with van der Waals surface area (Å²) in [6.07, 6.45) is 1.53. The number of carbonyl (C=O) groups is 2. The number of carbonyl (C=O) groups excluding carboxylic acids is 2. The Labute approximate surface area is 236 Å². The van der Waals surface area contributed by atoms with E-state index in [9.17, 15) is 14.7 Å². The van der Waals surface area contributed by atoms with Crippen molar-refractivity contribution in [3.63, 3.8) is 0 Å². The zero-order chi connectivity index (χ0) is 28.2. The number of nitrogens with zero attached hydrogens (tertiary/aromatic N) is 2. The van der Waals surface area contributed by atoms with Gasteiger partial charge in [0.1, 0.15) is 6.10 Å². The van der Waals surface area contributed by atoms with Crippen LogP contribution in [0.5, 0.6) is 5.75 Å². The highest BCUT2D eigenvalue weighted by Crippen LogP contribution is 2.37. The number of likely N-dealkylation sites (N-methyl/N-ethyl adjacent to an activating group) is 1. The Morgan fingerprint density at radius 3 is 2.42 bits per heavy atom. The molecule has 7 nitrogen and oxygen atoms in total. The number of ether oxygens (including phenoxy) is 1. The van der Waals surface area contributed by atoms with Crippen molar-refractivity contribution >= 4 is 17.5 Å². The summed E-state index contributed by atoms with van der Waals surface area (Å²) in [5.41, 5.74) is 4.51. The third-order valence-electron chi connectivity index (χ3n) is 7.90. The molecule has 3 atom stereocenters. The van der Waals surface area contributed by atoms with Crippen molar-refractivity contribution in [1.29, 1.82) is 0 Å². The first-order valence-electron chi connectivity index (χ1n) is 14.2. The molecule has 0 spiro atoms. The molecule has 3 aromatic rings. The van der Waals surface area contributed by atoms with Crippen LogP contribution in [0.25, 0.3) is 11.1 Å². The highest BCUT2D eigenvalue weighted by Gasteiger charge is 2.36. The summed E-state index contributed by atoms with van der Waals surface area (Å²) in [5.74, 6) is 0.194. The lowest BCUT2D eigenvalue weighted by atomic mass is 9.98. The van der Waals surface area contributed by atoms with E-state index in [-0.39, 0.29) is 42.4 Å². The minimum atomic E-state index is -0.341. The largest absolute Gasteiger partial charge is 0.486 e. The second-order valence-corrected chi connectivity index (χ2v) is 11.3. The van der Waals surface area contributed by atoms with Crippen LogP contribution in [-0.4, -0.2) is 65.6 Å². The lowest BCUT2D eigenvalue weighted by Gasteiger charge is -2.38. The van der Waals surface area contributed by atoms with Gasteiger partial charge in [-0.1, -0.05) is 67.6 Å². The molecule has 0 radical (unpaired) electrons. The highest BCUT2D eigenvalue weighted by atomic mass is 16.5. The molecule has 3 aromatic carbocycles. The molecule has 1 aliphatic heterocycles. The molecule has 40 heavy (non-hydrogen) atoms. The molecule has 2 aliphatic rings. The molecular formula is C33H39N3O4. The van der Waals surface area contributed by atoms with E-state index in [4.69, 9.17) is 4.74 Å². The Bertz CT molecular complexity index is 1320. The van der Waals surface area contributed by atoms with Crippen molar-refractivity contribution in [1.82, 2.24) is 9.80 Å². The molecule has 1 saturated carbocycles. The van der Waals surface area contributed by atoms with Gasteiger partial charge in [-0.15, -0.1) is 0 Å².